The van der Waals surface area contributed by atoms with E-state index in [-0.39, 0.29) is 0 Å². The second-order valence-electron chi connectivity index (χ2n) is 5.36. The molecule has 0 unspecified atom stereocenters. The van der Waals surface area contributed by atoms with E-state index in [0.717, 1.165) is 31.7 Å². The van der Waals surface area contributed by atoms with Gasteiger partial charge >= 0.3 is 0 Å². The first-order valence-corrected chi connectivity index (χ1v) is 8.07. The van der Waals surface area contributed by atoms with E-state index in [0.29, 0.717) is 28.3 Å². The molecular formula is C16H17Cl2N3O. The van der Waals surface area contributed by atoms with E-state index >= 15 is 0 Å². The van der Waals surface area contributed by atoms with Crippen molar-refractivity contribution < 1.29 is 4.74 Å². The molecule has 0 saturated carbocycles. The van der Waals surface area contributed by atoms with Gasteiger partial charge in [0.2, 0.25) is 0 Å². The molecule has 0 atom stereocenters. The van der Waals surface area contributed by atoms with Crippen molar-refractivity contribution in [3.63, 3.8) is 0 Å². The van der Waals surface area contributed by atoms with Crippen LogP contribution in [0.3, 0.4) is 0 Å². The number of halogens is 2. The van der Waals surface area contributed by atoms with Crippen molar-refractivity contribution in [1.29, 1.82) is 0 Å². The maximum Gasteiger partial charge on any atom is 0.147 e. The van der Waals surface area contributed by atoms with E-state index in [2.05, 4.69) is 14.9 Å². The maximum atomic E-state index is 6.20. The molecule has 6 heteroatoms. The van der Waals surface area contributed by atoms with Crippen LogP contribution in [0.4, 0.5) is 5.82 Å². The summed E-state index contributed by atoms with van der Waals surface area (Å²) >= 11 is 12.2. The smallest absolute Gasteiger partial charge is 0.147 e. The molecule has 3 rings (SSSR count). The monoisotopic (exact) mass is 337 g/mol. The van der Waals surface area contributed by atoms with Crippen LogP contribution in [0.25, 0.3) is 0 Å². The molecule has 3 heterocycles. The lowest BCUT2D eigenvalue weighted by molar-refractivity contribution is 0.222. The van der Waals surface area contributed by atoms with Crippen molar-refractivity contribution in [2.75, 3.05) is 24.6 Å². The van der Waals surface area contributed by atoms with Crippen LogP contribution in [0.1, 0.15) is 12.8 Å². The van der Waals surface area contributed by atoms with Gasteiger partial charge in [0.25, 0.3) is 0 Å². The van der Waals surface area contributed by atoms with Gasteiger partial charge in [-0.05, 0) is 30.9 Å². The number of piperidine rings is 1. The zero-order valence-corrected chi connectivity index (χ0v) is 13.6. The molecule has 2 aromatic rings. The molecule has 2 aromatic heterocycles. The molecule has 116 valence electrons. The van der Waals surface area contributed by atoms with Crippen molar-refractivity contribution in [2.45, 2.75) is 12.8 Å². The largest absolute Gasteiger partial charge is 0.492 e. The van der Waals surface area contributed by atoms with Gasteiger partial charge in [-0.1, -0.05) is 23.2 Å². The van der Waals surface area contributed by atoms with Crippen LogP contribution in [0.15, 0.2) is 36.8 Å². The molecular weight excluding hydrogens is 321 g/mol. The fraction of sp³-hybridized carbons (Fsp3) is 0.375. The molecule has 0 amide bonds. The summed E-state index contributed by atoms with van der Waals surface area (Å²) in [4.78, 5) is 10.6. The standard InChI is InChI=1S/C16H17Cl2N3O/c17-13-2-1-6-20-16(13)21-8-4-12(5-9-21)11-22-15-3-7-19-10-14(15)18/h1-3,6-7,10,12H,4-5,8-9,11H2. The fourth-order valence-corrected chi connectivity index (χ4v) is 3.02. The van der Waals surface area contributed by atoms with Crippen molar-refractivity contribution >= 4 is 29.0 Å². The normalized spacial score (nSPS) is 15.8. The minimum absolute atomic E-state index is 0.517. The second kappa shape index (κ2) is 7.16. The number of rotatable bonds is 4. The molecule has 0 aromatic carbocycles. The highest BCUT2D eigenvalue weighted by Crippen LogP contribution is 2.28. The lowest BCUT2D eigenvalue weighted by Crippen LogP contribution is -2.36. The number of anilines is 1. The molecule has 0 N–H and O–H groups in total. The number of hydrogen-bond donors (Lipinski definition) is 0. The Morgan fingerprint density at radius 3 is 2.68 bits per heavy atom. The fourth-order valence-electron chi connectivity index (χ4n) is 2.61. The Kier molecular flexibility index (Phi) is 5.01. The summed E-state index contributed by atoms with van der Waals surface area (Å²) in [6.45, 7) is 2.55. The molecule has 0 radical (unpaired) electrons. The summed E-state index contributed by atoms with van der Waals surface area (Å²) in [5.41, 5.74) is 0. The van der Waals surface area contributed by atoms with E-state index in [9.17, 15) is 0 Å². The molecule has 1 aliphatic heterocycles. The Morgan fingerprint density at radius 2 is 1.95 bits per heavy atom. The van der Waals surface area contributed by atoms with Crippen LogP contribution < -0.4 is 9.64 Å². The third-order valence-electron chi connectivity index (χ3n) is 3.86. The maximum absolute atomic E-state index is 6.20. The Labute approximate surface area is 140 Å². The average molecular weight is 338 g/mol. The summed E-state index contributed by atoms with van der Waals surface area (Å²) in [6, 6.07) is 5.53. The Morgan fingerprint density at radius 1 is 1.14 bits per heavy atom. The number of nitrogens with zero attached hydrogens (tertiary/aromatic N) is 3. The van der Waals surface area contributed by atoms with Crippen molar-refractivity contribution in [3.8, 4) is 5.75 Å². The predicted octanol–water partition coefficient (Wildman–Crippen LogP) is 4.08. The van der Waals surface area contributed by atoms with E-state index in [1.165, 1.54) is 0 Å². The Balaban J connectivity index is 1.52. The lowest BCUT2D eigenvalue weighted by atomic mass is 9.98. The topological polar surface area (TPSA) is 38.2 Å². The molecule has 1 saturated heterocycles. The van der Waals surface area contributed by atoms with Crippen LogP contribution >= 0.6 is 23.2 Å². The highest BCUT2D eigenvalue weighted by atomic mass is 35.5. The van der Waals surface area contributed by atoms with Crippen molar-refractivity contribution in [3.05, 3.63) is 46.8 Å². The van der Waals surface area contributed by atoms with Gasteiger partial charge in [-0.3, -0.25) is 4.98 Å². The summed E-state index contributed by atoms with van der Waals surface area (Å²) < 4.78 is 5.81. The highest BCUT2D eigenvalue weighted by Gasteiger charge is 2.22. The van der Waals surface area contributed by atoms with Crippen molar-refractivity contribution in [1.82, 2.24) is 9.97 Å². The van der Waals surface area contributed by atoms with Gasteiger partial charge in [-0.25, -0.2) is 4.98 Å². The number of hydrogen-bond acceptors (Lipinski definition) is 4. The third-order valence-corrected chi connectivity index (χ3v) is 4.44. The van der Waals surface area contributed by atoms with E-state index in [1.54, 1.807) is 24.7 Å². The molecule has 1 fully saturated rings. The Bertz CT molecular complexity index is 630. The Hall–Kier alpha value is -1.52. The van der Waals surface area contributed by atoms with E-state index in [4.69, 9.17) is 27.9 Å². The molecule has 4 nitrogen and oxygen atoms in total. The number of aromatic nitrogens is 2. The first-order valence-electron chi connectivity index (χ1n) is 7.32. The zero-order chi connectivity index (χ0) is 15.4. The summed E-state index contributed by atoms with van der Waals surface area (Å²) in [5, 5.41) is 1.26. The third kappa shape index (κ3) is 3.62. The average Bonchev–Trinajstić information content (AvgIpc) is 2.55. The van der Waals surface area contributed by atoms with Crippen LogP contribution in [0, 0.1) is 5.92 Å². The van der Waals surface area contributed by atoms with Gasteiger partial charge in [0.1, 0.15) is 16.6 Å². The van der Waals surface area contributed by atoms with E-state index in [1.807, 2.05) is 12.1 Å². The van der Waals surface area contributed by atoms with Gasteiger partial charge < -0.3 is 9.64 Å². The van der Waals surface area contributed by atoms with Gasteiger partial charge in [-0.15, -0.1) is 0 Å². The highest BCUT2D eigenvalue weighted by molar-refractivity contribution is 6.33. The van der Waals surface area contributed by atoms with Crippen molar-refractivity contribution in [2.24, 2.45) is 5.92 Å². The number of ether oxygens (including phenoxy) is 1. The minimum atomic E-state index is 0.517. The second-order valence-corrected chi connectivity index (χ2v) is 6.17. The van der Waals surface area contributed by atoms with Gasteiger partial charge in [0.15, 0.2) is 0 Å². The predicted molar refractivity (Wildman–Crippen MR) is 88.9 cm³/mol. The lowest BCUT2D eigenvalue weighted by Gasteiger charge is -2.33. The number of pyridine rings is 2. The summed E-state index contributed by atoms with van der Waals surface area (Å²) in [7, 11) is 0. The van der Waals surface area contributed by atoms with Crippen LogP contribution in [-0.2, 0) is 0 Å². The molecule has 22 heavy (non-hydrogen) atoms. The van der Waals surface area contributed by atoms with Gasteiger partial charge in [-0.2, -0.15) is 0 Å². The van der Waals surface area contributed by atoms with Gasteiger partial charge in [0.05, 0.1) is 11.6 Å². The summed E-state index contributed by atoms with van der Waals surface area (Å²) in [5.74, 6) is 2.09. The zero-order valence-electron chi connectivity index (χ0n) is 12.1. The van der Waals surface area contributed by atoms with Crippen LogP contribution in [0.5, 0.6) is 5.75 Å². The summed E-state index contributed by atoms with van der Waals surface area (Å²) in [6.07, 6.45) is 7.17. The quantitative estimate of drug-likeness (QED) is 0.842. The minimum Gasteiger partial charge on any atom is -0.492 e. The first-order chi connectivity index (χ1) is 10.7. The van der Waals surface area contributed by atoms with E-state index < -0.39 is 0 Å². The SMILES string of the molecule is Clc1cnccc1OCC1CCN(c2ncccc2Cl)CC1. The molecule has 0 aliphatic carbocycles. The molecule has 0 bridgehead atoms. The molecule has 0 spiro atoms. The molecule has 1 aliphatic rings. The van der Waals surface area contributed by atoms with Gasteiger partial charge in [0, 0.05) is 37.7 Å². The van der Waals surface area contributed by atoms with Crippen LogP contribution in [0.2, 0.25) is 10.0 Å². The van der Waals surface area contributed by atoms with Crippen LogP contribution in [-0.4, -0.2) is 29.7 Å². The first kappa shape index (κ1) is 15.4.